The van der Waals surface area contributed by atoms with Crippen LogP contribution in [0.1, 0.15) is 42.7 Å². The molecule has 1 saturated heterocycles. The van der Waals surface area contributed by atoms with Crippen LogP contribution >= 0.6 is 0 Å². The molecule has 1 aliphatic heterocycles. The second-order valence-corrected chi connectivity index (χ2v) is 5.15. The van der Waals surface area contributed by atoms with Crippen molar-refractivity contribution in [2.24, 2.45) is 0 Å². The monoisotopic (exact) mass is 261 g/mol. The highest BCUT2D eigenvalue weighted by Crippen LogP contribution is 2.11. The summed E-state index contributed by atoms with van der Waals surface area (Å²) in [5.74, 6) is 0.0282. The first-order valence-corrected chi connectivity index (χ1v) is 7.21. The van der Waals surface area contributed by atoms with Gasteiger partial charge in [0.05, 0.1) is 0 Å². The number of carbonyl (C=O) groups is 1. The molecule has 4 nitrogen and oxygen atoms in total. The van der Waals surface area contributed by atoms with E-state index < -0.39 is 0 Å². The fraction of sp³-hybridized carbons (Fsp3) is 0.600. The number of aryl methyl sites for hydroxylation is 1. The van der Waals surface area contributed by atoms with Crippen LogP contribution < -0.4 is 5.32 Å². The van der Waals surface area contributed by atoms with Crippen LogP contribution in [0.2, 0.25) is 0 Å². The molecule has 0 bridgehead atoms. The van der Waals surface area contributed by atoms with Crippen molar-refractivity contribution in [2.75, 3.05) is 19.6 Å². The maximum Gasteiger partial charge on any atom is 0.251 e. The number of amides is 1. The quantitative estimate of drug-likeness (QED) is 0.880. The van der Waals surface area contributed by atoms with Crippen LogP contribution in [-0.2, 0) is 6.42 Å². The zero-order valence-electron chi connectivity index (χ0n) is 11.9. The molecule has 0 radical (unpaired) electrons. The van der Waals surface area contributed by atoms with Crippen molar-refractivity contribution in [1.29, 1.82) is 0 Å². The van der Waals surface area contributed by atoms with Crippen molar-refractivity contribution in [3.63, 3.8) is 0 Å². The van der Waals surface area contributed by atoms with E-state index in [1.165, 1.54) is 6.42 Å². The molecule has 1 N–H and O–H groups in total. The number of nitrogens with zero attached hydrogens (tertiary/aromatic N) is 2. The van der Waals surface area contributed by atoms with E-state index in [0.717, 1.165) is 43.7 Å². The van der Waals surface area contributed by atoms with Gasteiger partial charge in [-0.15, -0.1) is 0 Å². The van der Waals surface area contributed by atoms with Gasteiger partial charge in [0.25, 0.3) is 5.91 Å². The highest BCUT2D eigenvalue weighted by Gasteiger charge is 2.23. The predicted molar refractivity (Wildman–Crippen MR) is 76.2 cm³/mol. The van der Waals surface area contributed by atoms with E-state index in [0.29, 0.717) is 0 Å². The van der Waals surface area contributed by atoms with Gasteiger partial charge in [0.15, 0.2) is 0 Å². The van der Waals surface area contributed by atoms with E-state index in [9.17, 15) is 4.79 Å². The molecule has 0 unspecified atom stereocenters. The van der Waals surface area contributed by atoms with Gasteiger partial charge in [0.2, 0.25) is 0 Å². The fourth-order valence-electron chi connectivity index (χ4n) is 2.55. The van der Waals surface area contributed by atoms with Crippen LogP contribution in [-0.4, -0.2) is 41.5 Å². The summed E-state index contributed by atoms with van der Waals surface area (Å²) in [5, 5.41) is 3.13. The van der Waals surface area contributed by atoms with Gasteiger partial charge in [-0.1, -0.05) is 13.8 Å². The standard InChI is InChI=1S/C15H23N3O/c1-3-8-18-9-6-14(11-18)17-15(19)12-5-7-16-13(4-2)10-12/h5,7,10,14H,3-4,6,8-9,11H2,1-2H3,(H,17,19)/t14-/m1/s1. The Balaban J connectivity index is 1.90. The number of rotatable bonds is 5. The van der Waals surface area contributed by atoms with Gasteiger partial charge < -0.3 is 10.2 Å². The van der Waals surface area contributed by atoms with Crippen LogP contribution in [0.5, 0.6) is 0 Å². The highest BCUT2D eigenvalue weighted by molar-refractivity contribution is 5.94. The van der Waals surface area contributed by atoms with Crippen LogP contribution in [0.4, 0.5) is 0 Å². The maximum absolute atomic E-state index is 12.2. The number of hydrogen-bond acceptors (Lipinski definition) is 3. The van der Waals surface area contributed by atoms with Crippen LogP contribution in [0, 0.1) is 0 Å². The number of hydrogen-bond donors (Lipinski definition) is 1. The first kappa shape index (κ1) is 14.0. The molecule has 0 spiro atoms. The minimum absolute atomic E-state index is 0.0282. The molecule has 2 rings (SSSR count). The Morgan fingerprint density at radius 3 is 3.11 bits per heavy atom. The lowest BCUT2D eigenvalue weighted by Crippen LogP contribution is -2.37. The van der Waals surface area contributed by atoms with Crippen molar-refractivity contribution in [3.8, 4) is 0 Å². The van der Waals surface area contributed by atoms with Crippen molar-refractivity contribution in [2.45, 2.75) is 39.2 Å². The summed E-state index contributed by atoms with van der Waals surface area (Å²) in [6, 6.07) is 3.96. The fourth-order valence-corrected chi connectivity index (χ4v) is 2.55. The Bertz CT molecular complexity index is 433. The summed E-state index contributed by atoms with van der Waals surface area (Å²) in [6.07, 6.45) is 4.79. The van der Waals surface area contributed by atoms with Crippen molar-refractivity contribution >= 4 is 5.91 Å². The Hall–Kier alpha value is -1.42. The van der Waals surface area contributed by atoms with E-state index in [1.54, 1.807) is 12.3 Å². The van der Waals surface area contributed by atoms with E-state index in [2.05, 4.69) is 22.1 Å². The molecule has 1 aromatic rings. The SMILES string of the molecule is CCCN1CC[C@@H](NC(=O)c2ccnc(CC)c2)C1. The molecule has 19 heavy (non-hydrogen) atoms. The lowest BCUT2D eigenvalue weighted by atomic mass is 10.1. The summed E-state index contributed by atoms with van der Waals surface area (Å²) in [6.45, 7) is 7.43. The Labute approximate surface area is 115 Å². The molecule has 104 valence electrons. The molecule has 0 aromatic carbocycles. The maximum atomic E-state index is 12.2. The number of likely N-dealkylation sites (tertiary alicyclic amines) is 1. The molecule has 1 aliphatic rings. The molecule has 1 amide bonds. The van der Waals surface area contributed by atoms with E-state index in [4.69, 9.17) is 0 Å². The second kappa shape index (κ2) is 6.66. The molecular formula is C15H23N3O. The Kier molecular flexibility index (Phi) is 4.91. The Morgan fingerprint density at radius 2 is 2.37 bits per heavy atom. The minimum atomic E-state index is 0.0282. The van der Waals surface area contributed by atoms with Gasteiger partial charge in [0.1, 0.15) is 0 Å². The summed E-state index contributed by atoms with van der Waals surface area (Å²) < 4.78 is 0. The molecule has 1 fully saturated rings. The van der Waals surface area contributed by atoms with E-state index >= 15 is 0 Å². The zero-order chi connectivity index (χ0) is 13.7. The van der Waals surface area contributed by atoms with Gasteiger partial charge in [-0.2, -0.15) is 0 Å². The average molecular weight is 261 g/mol. The second-order valence-electron chi connectivity index (χ2n) is 5.15. The number of aromatic nitrogens is 1. The summed E-state index contributed by atoms with van der Waals surface area (Å²) >= 11 is 0. The molecule has 2 heterocycles. The van der Waals surface area contributed by atoms with Crippen molar-refractivity contribution in [1.82, 2.24) is 15.2 Å². The topological polar surface area (TPSA) is 45.2 Å². The minimum Gasteiger partial charge on any atom is -0.348 e. The molecule has 1 atom stereocenters. The van der Waals surface area contributed by atoms with Gasteiger partial charge in [-0.05, 0) is 37.9 Å². The zero-order valence-corrected chi connectivity index (χ0v) is 11.9. The molecule has 1 aromatic heterocycles. The van der Waals surface area contributed by atoms with Crippen LogP contribution in [0.25, 0.3) is 0 Å². The van der Waals surface area contributed by atoms with E-state index in [1.807, 2.05) is 13.0 Å². The molecular weight excluding hydrogens is 238 g/mol. The van der Waals surface area contributed by atoms with E-state index in [-0.39, 0.29) is 11.9 Å². The van der Waals surface area contributed by atoms with Gasteiger partial charge >= 0.3 is 0 Å². The predicted octanol–water partition coefficient (Wildman–Crippen LogP) is 1.86. The van der Waals surface area contributed by atoms with Crippen molar-refractivity contribution < 1.29 is 4.79 Å². The summed E-state index contributed by atoms with van der Waals surface area (Å²) in [7, 11) is 0. The third-order valence-corrected chi connectivity index (χ3v) is 3.59. The van der Waals surface area contributed by atoms with Crippen molar-refractivity contribution in [3.05, 3.63) is 29.6 Å². The molecule has 4 heteroatoms. The smallest absolute Gasteiger partial charge is 0.251 e. The summed E-state index contributed by atoms with van der Waals surface area (Å²) in [5.41, 5.74) is 1.69. The molecule has 0 saturated carbocycles. The normalized spacial score (nSPS) is 19.6. The van der Waals surface area contributed by atoms with Gasteiger partial charge in [-0.25, -0.2) is 0 Å². The lowest BCUT2D eigenvalue weighted by molar-refractivity contribution is 0.0937. The Morgan fingerprint density at radius 1 is 1.53 bits per heavy atom. The van der Waals surface area contributed by atoms with Crippen LogP contribution in [0.3, 0.4) is 0 Å². The van der Waals surface area contributed by atoms with Gasteiger partial charge in [0, 0.05) is 36.6 Å². The highest BCUT2D eigenvalue weighted by atomic mass is 16.1. The average Bonchev–Trinajstić information content (AvgIpc) is 2.86. The van der Waals surface area contributed by atoms with Gasteiger partial charge in [-0.3, -0.25) is 9.78 Å². The number of nitrogens with one attached hydrogen (secondary N) is 1. The molecule has 0 aliphatic carbocycles. The number of pyridine rings is 1. The number of carbonyl (C=O) groups excluding carboxylic acids is 1. The van der Waals surface area contributed by atoms with Crippen LogP contribution in [0.15, 0.2) is 18.3 Å². The lowest BCUT2D eigenvalue weighted by Gasteiger charge is -2.15. The third kappa shape index (κ3) is 3.77. The first-order chi connectivity index (χ1) is 9.22. The first-order valence-electron chi connectivity index (χ1n) is 7.21. The third-order valence-electron chi connectivity index (χ3n) is 3.59. The summed E-state index contributed by atoms with van der Waals surface area (Å²) in [4.78, 5) is 18.8. The largest absolute Gasteiger partial charge is 0.348 e.